The Hall–Kier alpha value is -4.86. The SMILES string of the molecule is COc1cc(C(=O)O)ccc1NC(=O)[C@@H]1N[C@@H](CC(C)(C)C)[C@@]2(CN(Cc3ccc(C(=O)O)cc3)c3cc(Cl)ccc32)[C@H]1c1ccccc1. The van der Waals surface area contributed by atoms with Crippen LogP contribution < -0.4 is 20.3 Å². The van der Waals surface area contributed by atoms with Gasteiger partial charge in [0, 0.05) is 41.2 Å². The molecule has 4 aromatic carbocycles. The van der Waals surface area contributed by atoms with E-state index in [2.05, 4.69) is 54.5 Å². The van der Waals surface area contributed by atoms with E-state index in [9.17, 15) is 24.6 Å². The third-order valence-corrected chi connectivity index (χ3v) is 9.92. The summed E-state index contributed by atoms with van der Waals surface area (Å²) in [7, 11) is 1.44. The van der Waals surface area contributed by atoms with Crippen molar-refractivity contribution >= 4 is 40.8 Å². The van der Waals surface area contributed by atoms with Gasteiger partial charge in [-0.2, -0.15) is 0 Å². The number of hydrogen-bond donors (Lipinski definition) is 4. The molecule has 0 saturated carbocycles. The van der Waals surface area contributed by atoms with Crippen molar-refractivity contribution in [2.24, 2.45) is 5.41 Å². The van der Waals surface area contributed by atoms with Crippen LogP contribution in [0, 0.1) is 5.41 Å². The van der Waals surface area contributed by atoms with Gasteiger partial charge in [-0.05, 0) is 71.0 Å². The Morgan fingerprint density at radius 3 is 2.24 bits per heavy atom. The van der Waals surface area contributed by atoms with Gasteiger partial charge in [-0.3, -0.25) is 4.79 Å². The summed E-state index contributed by atoms with van der Waals surface area (Å²) in [6, 6.07) is 26.6. The van der Waals surface area contributed by atoms with Gasteiger partial charge in [0.2, 0.25) is 5.91 Å². The number of halogens is 1. The summed E-state index contributed by atoms with van der Waals surface area (Å²) in [5.74, 6) is -2.39. The number of carboxylic acids is 2. The van der Waals surface area contributed by atoms with Gasteiger partial charge >= 0.3 is 11.9 Å². The van der Waals surface area contributed by atoms with Crippen molar-refractivity contribution in [1.82, 2.24) is 5.32 Å². The lowest BCUT2D eigenvalue weighted by molar-refractivity contribution is -0.118. The number of hydrogen-bond acceptors (Lipinski definition) is 6. The highest BCUT2D eigenvalue weighted by molar-refractivity contribution is 6.31. The molecule has 0 unspecified atom stereocenters. The van der Waals surface area contributed by atoms with Crippen LogP contribution >= 0.6 is 11.6 Å². The molecule has 254 valence electrons. The van der Waals surface area contributed by atoms with E-state index >= 15 is 0 Å². The van der Waals surface area contributed by atoms with Crippen molar-refractivity contribution in [1.29, 1.82) is 0 Å². The second-order valence-electron chi connectivity index (χ2n) is 14.1. The summed E-state index contributed by atoms with van der Waals surface area (Å²) in [5.41, 5.74) is 4.01. The van der Waals surface area contributed by atoms with Gasteiger partial charge in [0.25, 0.3) is 0 Å². The van der Waals surface area contributed by atoms with E-state index in [0.29, 0.717) is 23.8 Å². The Bertz CT molecular complexity index is 1890. The van der Waals surface area contributed by atoms with Crippen molar-refractivity contribution in [2.75, 3.05) is 23.9 Å². The number of methoxy groups -OCH3 is 1. The number of nitrogens with one attached hydrogen (secondary N) is 2. The number of benzene rings is 4. The van der Waals surface area contributed by atoms with Crippen molar-refractivity contribution in [3.8, 4) is 5.75 Å². The first-order chi connectivity index (χ1) is 23.3. The molecule has 10 heteroatoms. The maximum Gasteiger partial charge on any atom is 0.335 e. The monoisotopic (exact) mass is 681 g/mol. The minimum absolute atomic E-state index is 0.0547. The van der Waals surface area contributed by atoms with E-state index in [0.717, 1.165) is 28.8 Å². The second-order valence-corrected chi connectivity index (χ2v) is 14.6. The Labute approximate surface area is 290 Å². The molecule has 4 N–H and O–H groups in total. The molecule has 2 aliphatic heterocycles. The first-order valence-corrected chi connectivity index (χ1v) is 16.6. The normalized spacial score (nSPS) is 21.4. The molecule has 2 aliphatic rings. The quantitative estimate of drug-likeness (QED) is 0.146. The Morgan fingerprint density at radius 2 is 1.61 bits per heavy atom. The number of aromatic carboxylic acids is 2. The van der Waals surface area contributed by atoms with Crippen molar-refractivity contribution in [2.45, 2.75) is 57.2 Å². The number of anilines is 2. The van der Waals surface area contributed by atoms with Gasteiger partial charge in [-0.1, -0.05) is 80.9 Å². The Kier molecular flexibility index (Phi) is 9.17. The van der Waals surface area contributed by atoms with Crippen LogP contribution in [0.4, 0.5) is 11.4 Å². The van der Waals surface area contributed by atoms with E-state index in [4.69, 9.17) is 16.3 Å². The topological polar surface area (TPSA) is 128 Å². The fraction of sp³-hybridized carbons (Fsp3) is 0.308. The molecule has 0 aromatic heterocycles. The lowest BCUT2D eigenvalue weighted by Gasteiger charge is -2.40. The zero-order valence-corrected chi connectivity index (χ0v) is 28.6. The van der Waals surface area contributed by atoms with Crippen molar-refractivity contribution in [3.05, 3.63) is 124 Å². The van der Waals surface area contributed by atoms with E-state index in [1.807, 2.05) is 42.5 Å². The first-order valence-electron chi connectivity index (χ1n) is 16.2. The summed E-state index contributed by atoms with van der Waals surface area (Å²) < 4.78 is 5.49. The van der Waals surface area contributed by atoms with Gasteiger partial charge in [0.1, 0.15) is 5.75 Å². The fourth-order valence-electron chi connectivity index (χ4n) is 7.67. The van der Waals surface area contributed by atoms with Crippen LogP contribution in [0.25, 0.3) is 0 Å². The predicted molar refractivity (Wildman–Crippen MR) is 190 cm³/mol. The van der Waals surface area contributed by atoms with Crippen LogP contribution in [0.2, 0.25) is 5.02 Å². The van der Waals surface area contributed by atoms with Gasteiger partial charge < -0.3 is 30.5 Å². The number of ether oxygens (including phenoxy) is 1. The molecule has 6 rings (SSSR count). The van der Waals surface area contributed by atoms with E-state index < -0.39 is 23.4 Å². The summed E-state index contributed by atoms with van der Waals surface area (Å²) in [5, 5.41) is 26.4. The Balaban J connectivity index is 1.47. The van der Waals surface area contributed by atoms with Crippen LogP contribution in [0.3, 0.4) is 0 Å². The summed E-state index contributed by atoms with van der Waals surface area (Å²) in [4.78, 5) is 40.0. The standard InChI is InChI=1S/C39H40ClN3O6/c1-38(2,3)20-32-39(22-43(30-19-27(40)15-16-28(30)39)21-23-10-12-25(13-11-23)36(45)46)33(24-8-6-5-7-9-24)34(42-32)35(44)41-29-17-14-26(37(47)48)18-31(29)49-4/h5-19,32-34,42H,20-22H2,1-4H3,(H,41,44)(H,45,46)(H,47,48)/t32-,33-,34+,39-/m0/s1. The molecular formula is C39H40ClN3O6. The molecule has 4 aromatic rings. The number of nitrogens with zero attached hydrogens (tertiary/aromatic N) is 1. The third-order valence-electron chi connectivity index (χ3n) is 9.68. The second kappa shape index (κ2) is 13.2. The summed E-state index contributed by atoms with van der Waals surface area (Å²) in [6.07, 6.45) is 0.764. The molecule has 1 saturated heterocycles. The minimum Gasteiger partial charge on any atom is -0.495 e. The highest BCUT2D eigenvalue weighted by Crippen LogP contribution is 2.58. The zero-order valence-electron chi connectivity index (χ0n) is 27.9. The zero-order chi connectivity index (χ0) is 35.1. The van der Waals surface area contributed by atoms with Gasteiger partial charge in [-0.25, -0.2) is 9.59 Å². The maximum absolute atomic E-state index is 14.5. The number of rotatable bonds is 9. The molecule has 0 bridgehead atoms. The van der Waals surface area contributed by atoms with Gasteiger partial charge in [0.15, 0.2) is 0 Å². The van der Waals surface area contributed by atoms with Crippen LogP contribution in [0.1, 0.15) is 70.5 Å². The summed E-state index contributed by atoms with van der Waals surface area (Å²) in [6.45, 7) is 7.69. The molecule has 1 fully saturated rings. The lowest BCUT2D eigenvalue weighted by atomic mass is 9.63. The van der Waals surface area contributed by atoms with Crippen LogP contribution in [0.5, 0.6) is 5.75 Å². The lowest BCUT2D eigenvalue weighted by Crippen LogP contribution is -2.48. The average molecular weight is 682 g/mol. The molecule has 0 radical (unpaired) electrons. The molecule has 49 heavy (non-hydrogen) atoms. The number of carboxylic acid groups (broad SMARTS) is 2. The smallest absolute Gasteiger partial charge is 0.335 e. The molecule has 2 heterocycles. The third kappa shape index (κ3) is 6.60. The van der Waals surface area contributed by atoms with Gasteiger partial charge in [-0.15, -0.1) is 0 Å². The highest BCUT2D eigenvalue weighted by Gasteiger charge is 2.62. The van der Waals surface area contributed by atoms with Crippen LogP contribution in [-0.2, 0) is 16.8 Å². The van der Waals surface area contributed by atoms with Crippen LogP contribution in [0.15, 0.2) is 91.0 Å². The summed E-state index contributed by atoms with van der Waals surface area (Å²) >= 11 is 6.65. The highest BCUT2D eigenvalue weighted by atomic mass is 35.5. The maximum atomic E-state index is 14.5. The number of carbonyl (C=O) groups is 3. The predicted octanol–water partition coefficient (Wildman–Crippen LogP) is 7.20. The van der Waals surface area contributed by atoms with Crippen molar-refractivity contribution in [3.63, 3.8) is 0 Å². The molecular weight excluding hydrogens is 642 g/mol. The average Bonchev–Trinajstić information content (AvgIpc) is 3.54. The fourth-order valence-corrected chi connectivity index (χ4v) is 7.84. The first kappa shape index (κ1) is 34.0. The largest absolute Gasteiger partial charge is 0.495 e. The van der Waals surface area contributed by atoms with Crippen molar-refractivity contribution < 1.29 is 29.3 Å². The number of amides is 1. The Morgan fingerprint density at radius 1 is 0.939 bits per heavy atom. The van der Waals surface area contributed by atoms with Crippen LogP contribution in [-0.4, -0.2) is 53.8 Å². The van der Waals surface area contributed by atoms with E-state index in [1.54, 1.807) is 18.2 Å². The minimum atomic E-state index is -1.09. The molecule has 1 spiro atoms. The van der Waals surface area contributed by atoms with Gasteiger partial charge in [0.05, 0.1) is 30.0 Å². The van der Waals surface area contributed by atoms with E-state index in [-0.39, 0.29) is 40.2 Å². The van der Waals surface area contributed by atoms with E-state index in [1.165, 1.54) is 19.2 Å². The molecule has 1 amide bonds. The number of fused-ring (bicyclic) bond motifs is 2. The molecule has 0 aliphatic carbocycles. The molecule has 9 nitrogen and oxygen atoms in total. The number of carbonyl (C=O) groups excluding carboxylic acids is 1. The molecule has 4 atom stereocenters.